The van der Waals surface area contributed by atoms with E-state index in [1.807, 2.05) is 18.2 Å². The van der Waals surface area contributed by atoms with E-state index < -0.39 is 6.04 Å². The van der Waals surface area contributed by atoms with Crippen LogP contribution in [-0.2, 0) is 21.9 Å². The summed E-state index contributed by atoms with van der Waals surface area (Å²) in [6.45, 7) is 1.95. The Balaban J connectivity index is 2.10. The second-order valence-corrected chi connectivity index (χ2v) is 8.30. The number of rotatable bonds is 8. The number of thioether (sulfide) groups is 1. The Morgan fingerprint density at radius 3 is 2.25 bits per heavy atom. The highest BCUT2D eigenvalue weighted by Gasteiger charge is 2.26. The van der Waals surface area contributed by atoms with Crippen molar-refractivity contribution in [2.45, 2.75) is 25.3 Å². The highest BCUT2D eigenvalue weighted by molar-refractivity contribution is 7.99. The fraction of sp³-hybridized carbons (Fsp3) is 0.300. The van der Waals surface area contributed by atoms with Crippen LogP contribution in [0.1, 0.15) is 18.1 Å². The van der Waals surface area contributed by atoms with E-state index in [9.17, 15) is 9.59 Å². The Kier molecular flexibility index (Phi) is 8.96. The van der Waals surface area contributed by atoms with Gasteiger partial charge in [0.25, 0.3) is 0 Å². The van der Waals surface area contributed by atoms with Gasteiger partial charge in [-0.15, -0.1) is 11.8 Å². The largest absolute Gasteiger partial charge is 0.357 e. The highest BCUT2D eigenvalue weighted by Crippen LogP contribution is 2.28. The van der Waals surface area contributed by atoms with E-state index in [1.54, 1.807) is 38.2 Å². The highest BCUT2D eigenvalue weighted by atomic mass is 35.5. The maximum atomic E-state index is 12.9. The van der Waals surface area contributed by atoms with E-state index in [4.69, 9.17) is 34.8 Å². The third-order valence-electron chi connectivity index (χ3n) is 4.25. The van der Waals surface area contributed by atoms with Crippen LogP contribution < -0.4 is 5.32 Å². The van der Waals surface area contributed by atoms with Crippen LogP contribution in [-0.4, -0.2) is 35.6 Å². The Bertz CT molecular complexity index is 828. The molecule has 0 aliphatic heterocycles. The van der Waals surface area contributed by atoms with Crippen molar-refractivity contribution in [3.63, 3.8) is 0 Å². The van der Waals surface area contributed by atoms with Crippen LogP contribution in [0, 0.1) is 0 Å². The molecule has 150 valence electrons. The van der Waals surface area contributed by atoms with Gasteiger partial charge in [-0.25, -0.2) is 0 Å². The molecule has 0 fully saturated rings. The zero-order chi connectivity index (χ0) is 20.7. The summed E-state index contributed by atoms with van der Waals surface area (Å²) in [7, 11) is 1.55. The Hall–Kier alpha value is -1.40. The van der Waals surface area contributed by atoms with Gasteiger partial charge in [-0.1, -0.05) is 59.1 Å². The molecule has 2 aromatic rings. The predicted octanol–water partition coefficient (Wildman–Crippen LogP) is 5.04. The van der Waals surface area contributed by atoms with Gasteiger partial charge in [-0.2, -0.15) is 0 Å². The number of amides is 2. The van der Waals surface area contributed by atoms with Gasteiger partial charge in [-0.05, 0) is 36.2 Å². The molecule has 0 spiro atoms. The molecule has 0 radical (unpaired) electrons. The average molecular weight is 460 g/mol. The molecule has 2 amide bonds. The molecule has 1 N–H and O–H groups in total. The van der Waals surface area contributed by atoms with Gasteiger partial charge in [0, 0.05) is 34.4 Å². The lowest BCUT2D eigenvalue weighted by atomic mass is 10.1. The third kappa shape index (κ3) is 6.05. The lowest BCUT2D eigenvalue weighted by Crippen LogP contribution is -2.47. The minimum atomic E-state index is -0.627. The van der Waals surface area contributed by atoms with Crippen LogP contribution in [0.3, 0.4) is 0 Å². The minimum absolute atomic E-state index is 0.163. The summed E-state index contributed by atoms with van der Waals surface area (Å²) >= 11 is 20.0. The number of hydrogen-bond acceptors (Lipinski definition) is 3. The van der Waals surface area contributed by atoms with E-state index in [2.05, 4.69) is 5.32 Å². The van der Waals surface area contributed by atoms with Gasteiger partial charge in [0.15, 0.2) is 0 Å². The summed E-state index contributed by atoms with van der Waals surface area (Å²) in [5.74, 6) is 0.287. The van der Waals surface area contributed by atoms with Crippen LogP contribution in [0.5, 0.6) is 0 Å². The summed E-state index contributed by atoms with van der Waals surface area (Å²) in [6, 6.07) is 12.0. The normalized spacial score (nSPS) is 11.8. The Labute approximate surface area is 184 Å². The smallest absolute Gasteiger partial charge is 0.242 e. The molecule has 0 unspecified atom stereocenters. The SMILES string of the molecule is CNC(=O)[C@H](C)N(Cc1ccccc1Cl)C(=O)CSCc1c(Cl)cccc1Cl. The number of likely N-dealkylation sites (N-methyl/N-ethyl adjacent to an activating group) is 1. The second kappa shape index (κ2) is 11.0. The molecule has 4 nitrogen and oxygen atoms in total. The van der Waals surface area contributed by atoms with Gasteiger partial charge in [0.2, 0.25) is 11.8 Å². The Morgan fingerprint density at radius 2 is 1.64 bits per heavy atom. The number of carbonyl (C=O) groups is 2. The van der Waals surface area contributed by atoms with Crippen molar-refractivity contribution in [3.05, 3.63) is 68.7 Å². The minimum Gasteiger partial charge on any atom is -0.357 e. The zero-order valence-electron chi connectivity index (χ0n) is 15.5. The summed E-state index contributed by atoms with van der Waals surface area (Å²) in [5, 5.41) is 4.28. The molecule has 8 heteroatoms. The summed E-state index contributed by atoms with van der Waals surface area (Å²) in [5.41, 5.74) is 1.58. The van der Waals surface area contributed by atoms with Gasteiger partial charge in [-0.3, -0.25) is 9.59 Å². The fourth-order valence-electron chi connectivity index (χ4n) is 2.60. The van der Waals surface area contributed by atoms with Crippen LogP contribution in [0.25, 0.3) is 0 Å². The first-order valence-electron chi connectivity index (χ1n) is 8.60. The number of hydrogen-bond donors (Lipinski definition) is 1. The van der Waals surface area contributed by atoms with Crippen LogP contribution >= 0.6 is 46.6 Å². The van der Waals surface area contributed by atoms with Crippen molar-refractivity contribution in [2.24, 2.45) is 0 Å². The Morgan fingerprint density at radius 1 is 1.04 bits per heavy atom. The van der Waals surface area contributed by atoms with Crippen molar-refractivity contribution in [2.75, 3.05) is 12.8 Å². The molecule has 0 aromatic heterocycles. The number of benzene rings is 2. The van der Waals surface area contributed by atoms with Crippen LogP contribution in [0.15, 0.2) is 42.5 Å². The molecule has 0 aliphatic rings. The summed E-state index contributed by atoms with van der Waals surface area (Å²) in [6.07, 6.45) is 0. The first-order valence-corrected chi connectivity index (χ1v) is 10.9. The maximum Gasteiger partial charge on any atom is 0.242 e. The first-order chi connectivity index (χ1) is 13.3. The lowest BCUT2D eigenvalue weighted by Gasteiger charge is -2.28. The van der Waals surface area contributed by atoms with Crippen LogP contribution in [0.2, 0.25) is 15.1 Å². The molecule has 1 atom stereocenters. The molecule has 0 aliphatic carbocycles. The topological polar surface area (TPSA) is 49.4 Å². The van der Waals surface area contributed by atoms with Gasteiger partial charge >= 0.3 is 0 Å². The van der Waals surface area contributed by atoms with Gasteiger partial charge in [0.1, 0.15) is 6.04 Å². The van der Waals surface area contributed by atoms with Crippen molar-refractivity contribution >= 4 is 58.4 Å². The second-order valence-electron chi connectivity index (χ2n) is 6.10. The average Bonchev–Trinajstić information content (AvgIpc) is 2.68. The summed E-state index contributed by atoms with van der Waals surface area (Å²) < 4.78 is 0. The molecule has 2 rings (SSSR count). The third-order valence-corrected chi connectivity index (χ3v) is 6.27. The molecule has 28 heavy (non-hydrogen) atoms. The monoisotopic (exact) mass is 458 g/mol. The van der Waals surface area contributed by atoms with E-state index >= 15 is 0 Å². The maximum absolute atomic E-state index is 12.9. The zero-order valence-corrected chi connectivity index (χ0v) is 18.6. The van der Waals surface area contributed by atoms with Crippen molar-refractivity contribution < 1.29 is 9.59 Å². The quantitative estimate of drug-likeness (QED) is 0.601. The molecule has 0 saturated heterocycles. The van der Waals surface area contributed by atoms with E-state index in [0.29, 0.717) is 20.8 Å². The molecule has 2 aromatic carbocycles. The first kappa shape index (κ1) is 22.9. The molecular formula is C20H21Cl3N2O2S. The molecule has 0 heterocycles. The van der Waals surface area contributed by atoms with Gasteiger partial charge < -0.3 is 10.2 Å². The van der Waals surface area contributed by atoms with E-state index in [1.165, 1.54) is 16.7 Å². The summed E-state index contributed by atoms with van der Waals surface area (Å²) in [4.78, 5) is 26.6. The fourth-order valence-corrected chi connectivity index (χ4v) is 4.44. The number of halogens is 3. The molecule has 0 saturated carbocycles. The number of nitrogens with zero attached hydrogens (tertiary/aromatic N) is 1. The van der Waals surface area contributed by atoms with Crippen molar-refractivity contribution in [3.8, 4) is 0 Å². The molecular weight excluding hydrogens is 439 g/mol. The van der Waals surface area contributed by atoms with E-state index in [-0.39, 0.29) is 24.1 Å². The lowest BCUT2D eigenvalue weighted by molar-refractivity contribution is -0.138. The van der Waals surface area contributed by atoms with Crippen LogP contribution in [0.4, 0.5) is 0 Å². The standard InChI is InChI=1S/C20H21Cl3N2O2S/c1-13(20(27)24-2)25(10-14-6-3-4-7-16(14)21)19(26)12-28-11-15-17(22)8-5-9-18(15)23/h3-9,13H,10-12H2,1-2H3,(H,24,27)/t13-/m0/s1. The predicted molar refractivity (Wildman–Crippen MR) is 118 cm³/mol. The van der Waals surface area contributed by atoms with Gasteiger partial charge in [0.05, 0.1) is 5.75 Å². The van der Waals surface area contributed by atoms with Crippen molar-refractivity contribution in [1.29, 1.82) is 0 Å². The molecule has 0 bridgehead atoms. The van der Waals surface area contributed by atoms with Crippen molar-refractivity contribution in [1.82, 2.24) is 10.2 Å². The number of carbonyl (C=O) groups excluding carboxylic acids is 2. The van der Waals surface area contributed by atoms with E-state index in [0.717, 1.165) is 11.1 Å². The number of nitrogens with one attached hydrogen (secondary N) is 1.